The number of fused-ring (bicyclic) bond motifs is 1. The van der Waals surface area contributed by atoms with Crippen LogP contribution in [-0.2, 0) is 4.79 Å². The standard InChI is InChI=1S/C14H22N2O/c1-10(9-15)16-14(17)13-7-6-11-4-2-3-5-12(11)8-13/h10-13H,2-8H2,1H3,(H,16,17). The van der Waals surface area contributed by atoms with Gasteiger partial charge in [-0.25, -0.2) is 0 Å². The molecule has 2 aliphatic carbocycles. The van der Waals surface area contributed by atoms with Crippen molar-refractivity contribution in [2.75, 3.05) is 0 Å². The molecule has 2 rings (SSSR count). The van der Waals surface area contributed by atoms with Gasteiger partial charge >= 0.3 is 0 Å². The lowest BCUT2D eigenvalue weighted by Crippen LogP contribution is -2.40. The molecular formula is C14H22N2O. The minimum Gasteiger partial charge on any atom is -0.340 e. The number of carbonyl (C=O) groups is 1. The molecule has 3 heteroatoms. The molecule has 4 unspecified atom stereocenters. The second-order valence-corrected chi connectivity index (χ2v) is 5.67. The molecular weight excluding hydrogens is 212 g/mol. The van der Waals surface area contributed by atoms with Crippen LogP contribution in [0.2, 0.25) is 0 Å². The van der Waals surface area contributed by atoms with Crippen LogP contribution in [0.25, 0.3) is 0 Å². The third-order valence-corrected chi connectivity index (χ3v) is 4.46. The Hall–Kier alpha value is -1.04. The highest BCUT2D eigenvalue weighted by Gasteiger charge is 2.35. The van der Waals surface area contributed by atoms with Crippen LogP contribution in [-0.4, -0.2) is 11.9 Å². The summed E-state index contributed by atoms with van der Waals surface area (Å²) >= 11 is 0. The summed E-state index contributed by atoms with van der Waals surface area (Å²) in [5, 5.41) is 11.5. The van der Waals surface area contributed by atoms with Gasteiger partial charge in [-0.3, -0.25) is 4.79 Å². The maximum Gasteiger partial charge on any atom is 0.224 e. The number of hydrogen-bond donors (Lipinski definition) is 1. The molecule has 0 heterocycles. The lowest BCUT2D eigenvalue weighted by molar-refractivity contribution is -0.127. The predicted octanol–water partition coefficient (Wildman–Crippen LogP) is 2.62. The Balaban J connectivity index is 1.87. The third-order valence-electron chi connectivity index (χ3n) is 4.46. The van der Waals surface area contributed by atoms with Crippen molar-refractivity contribution in [2.24, 2.45) is 17.8 Å². The van der Waals surface area contributed by atoms with Gasteiger partial charge in [0, 0.05) is 5.92 Å². The molecule has 2 fully saturated rings. The molecule has 94 valence electrons. The Morgan fingerprint density at radius 2 is 1.94 bits per heavy atom. The molecule has 0 aliphatic heterocycles. The van der Waals surface area contributed by atoms with Crippen molar-refractivity contribution in [2.45, 2.75) is 57.9 Å². The summed E-state index contributed by atoms with van der Waals surface area (Å²) in [5.74, 6) is 1.90. The minimum absolute atomic E-state index is 0.100. The zero-order valence-electron chi connectivity index (χ0n) is 10.6. The van der Waals surface area contributed by atoms with Gasteiger partial charge in [0.15, 0.2) is 0 Å². The van der Waals surface area contributed by atoms with Gasteiger partial charge in [-0.05, 0) is 38.0 Å². The molecule has 0 aromatic rings. The van der Waals surface area contributed by atoms with Gasteiger partial charge in [0.25, 0.3) is 0 Å². The van der Waals surface area contributed by atoms with Gasteiger partial charge in [-0.2, -0.15) is 5.26 Å². The first-order chi connectivity index (χ1) is 8.20. The van der Waals surface area contributed by atoms with E-state index < -0.39 is 0 Å². The average molecular weight is 234 g/mol. The fraction of sp³-hybridized carbons (Fsp3) is 0.857. The maximum absolute atomic E-state index is 12.0. The Morgan fingerprint density at radius 3 is 2.65 bits per heavy atom. The number of hydrogen-bond acceptors (Lipinski definition) is 2. The second kappa shape index (κ2) is 5.53. The first-order valence-electron chi connectivity index (χ1n) is 6.90. The fourth-order valence-electron chi connectivity index (χ4n) is 3.48. The second-order valence-electron chi connectivity index (χ2n) is 5.67. The third kappa shape index (κ3) is 3.00. The van der Waals surface area contributed by atoms with Crippen molar-refractivity contribution in [1.29, 1.82) is 5.26 Å². The molecule has 1 amide bonds. The SMILES string of the molecule is CC(C#N)NC(=O)C1CCC2CCCCC2C1. The van der Waals surface area contributed by atoms with E-state index in [1.165, 1.54) is 32.1 Å². The number of nitrogens with zero attached hydrogens (tertiary/aromatic N) is 1. The molecule has 0 aromatic heterocycles. The summed E-state index contributed by atoms with van der Waals surface area (Å²) in [5.41, 5.74) is 0. The van der Waals surface area contributed by atoms with E-state index in [0.717, 1.165) is 24.7 Å². The van der Waals surface area contributed by atoms with E-state index in [1.807, 2.05) is 0 Å². The van der Waals surface area contributed by atoms with E-state index >= 15 is 0 Å². The van der Waals surface area contributed by atoms with Crippen LogP contribution < -0.4 is 5.32 Å². The highest BCUT2D eigenvalue weighted by atomic mass is 16.1. The van der Waals surface area contributed by atoms with Crippen LogP contribution in [0, 0.1) is 29.1 Å². The molecule has 0 spiro atoms. The number of carbonyl (C=O) groups excluding carboxylic acids is 1. The Labute approximate surface area is 104 Å². The van der Waals surface area contributed by atoms with Crippen LogP contribution in [0.1, 0.15) is 51.9 Å². The quantitative estimate of drug-likeness (QED) is 0.798. The van der Waals surface area contributed by atoms with Crippen molar-refractivity contribution in [1.82, 2.24) is 5.32 Å². The first kappa shape index (κ1) is 12.4. The van der Waals surface area contributed by atoms with Crippen LogP contribution in [0.15, 0.2) is 0 Å². The zero-order valence-corrected chi connectivity index (χ0v) is 10.6. The smallest absolute Gasteiger partial charge is 0.224 e. The predicted molar refractivity (Wildman–Crippen MR) is 66.0 cm³/mol. The van der Waals surface area contributed by atoms with E-state index in [-0.39, 0.29) is 17.9 Å². The molecule has 0 saturated heterocycles. The lowest BCUT2D eigenvalue weighted by Gasteiger charge is -2.38. The van der Waals surface area contributed by atoms with Crippen molar-refractivity contribution in [3.05, 3.63) is 0 Å². The van der Waals surface area contributed by atoms with Crippen LogP contribution in [0.4, 0.5) is 0 Å². The van der Waals surface area contributed by atoms with E-state index in [2.05, 4.69) is 11.4 Å². The summed E-state index contributed by atoms with van der Waals surface area (Å²) < 4.78 is 0. The Morgan fingerprint density at radius 1 is 1.24 bits per heavy atom. The number of nitrogens with one attached hydrogen (secondary N) is 1. The fourth-order valence-corrected chi connectivity index (χ4v) is 3.48. The normalized spacial score (nSPS) is 34.2. The average Bonchev–Trinajstić information content (AvgIpc) is 2.38. The molecule has 3 nitrogen and oxygen atoms in total. The van der Waals surface area contributed by atoms with Crippen LogP contribution in [0.5, 0.6) is 0 Å². The van der Waals surface area contributed by atoms with Gasteiger partial charge < -0.3 is 5.32 Å². The topological polar surface area (TPSA) is 52.9 Å². The summed E-state index contributed by atoms with van der Waals surface area (Å²) in [6, 6.07) is 1.70. The molecule has 0 bridgehead atoms. The summed E-state index contributed by atoms with van der Waals surface area (Å²) in [7, 11) is 0. The molecule has 4 atom stereocenters. The lowest BCUT2D eigenvalue weighted by atomic mass is 9.67. The molecule has 0 aromatic carbocycles. The summed E-state index contributed by atoms with van der Waals surface area (Å²) in [4.78, 5) is 12.0. The summed E-state index contributed by atoms with van der Waals surface area (Å²) in [6.07, 6.45) is 8.67. The molecule has 2 saturated carbocycles. The molecule has 2 aliphatic rings. The molecule has 17 heavy (non-hydrogen) atoms. The van der Waals surface area contributed by atoms with Gasteiger partial charge in [-0.15, -0.1) is 0 Å². The number of amides is 1. The summed E-state index contributed by atoms with van der Waals surface area (Å²) in [6.45, 7) is 1.74. The van der Waals surface area contributed by atoms with E-state index in [4.69, 9.17) is 5.26 Å². The monoisotopic (exact) mass is 234 g/mol. The number of rotatable bonds is 2. The van der Waals surface area contributed by atoms with Gasteiger partial charge in [-0.1, -0.05) is 25.7 Å². The van der Waals surface area contributed by atoms with Gasteiger partial charge in [0.05, 0.1) is 6.07 Å². The van der Waals surface area contributed by atoms with Crippen molar-refractivity contribution < 1.29 is 4.79 Å². The van der Waals surface area contributed by atoms with Crippen LogP contribution in [0.3, 0.4) is 0 Å². The Kier molecular flexibility index (Phi) is 4.04. The minimum atomic E-state index is -0.355. The Bertz CT molecular complexity index is 321. The molecule has 0 radical (unpaired) electrons. The highest BCUT2D eigenvalue weighted by Crippen LogP contribution is 2.42. The van der Waals surface area contributed by atoms with E-state index in [1.54, 1.807) is 6.92 Å². The van der Waals surface area contributed by atoms with Gasteiger partial charge in [0.2, 0.25) is 5.91 Å². The van der Waals surface area contributed by atoms with Crippen LogP contribution >= 0.6 is 0 Å². The van der Waals surface area contributed by atoms with Crippen molar-refractivity contribution in [3.63, 3.8) is 0 Å². The van der Waals surface area contributed by atoms with E-state index in [0.29, 0.717) is 0 Å². The first-order valence-corrected chi connectivity index (χ1v) is 6.90. The maximum atomic E-state index is 12.0. The number of nitriles is 1. The highest BCUT2D eigenvalue weighted by molar-refractivity contribution is 5.79. The largest absolute Gasteiger partial charge is 0.340 e. The van der Waals surface area contributed by atoms with Crippen molar-refractivity contribution in [3.8, 4) is 6.07 Å². The molecule has 1 N–H and O–H groups in total. The van der Waals surface area contributed by atoms with Crippen molar-refractivity contribution >= 4 is 5.91 Å². The van der Waals surface area contributed by atoms with Gasteiger partial charge in [0.1, 0.15) is 6.04 Å². The zero-order chi connectivity index (χ0) is 12.3. The van der Waals surface area contributed by atoms with E-state index in [9.17, 15) is 4.79 Å².